The Bertz CT molecular complexity index is 496. The zero-order valence-corrected chi connectivity index (χ0v) is 13.4. The number of nitrogens with zero attached hydrogens (tertiary/aromatic N) is 3. The molecule has 1 saturated heterocycles. The van der Waals surface area contributed by atoms with Crippen LogP contribution < -0.4 is 5.32 Å². The van der Waals surface area contributed by atoms with E-state index in [1.807, 2.05) is 11.8 Å². The molecular weight excluding hydrogens is 284 g/mol. The second-order valence-corrected chi connectivity index (χ2v) is 7.61. The summed E-state index contributed by atoms with van der Waals surface area (Å²) in [6.07, 6.45) is 6.27. The van der Waals surface area contributed by atoms with Gasteiger partial charge in [0, 0.05) is 24.6 Å². The lowest BCUT2D eigenvalue weighted by molar-refractivity contribution is 0.0836. The van der Waals surface area contributed by atoms with Gasteiger partial charge in [0.15, 0.2) is 5.16 Å². The van der Waals surface area contributed by atoms with Gasteiger partial charge in [0.25, 0.3) is 0 Å². The van der Waals surface area contributed by atoms with Crippen LogP contribution in [0.25, 0.3) is 0 Å². The van der Waals surface area contributed by atoms with E-state index in [2.05, 4.69) is 27.0 Å². The van der Waals surface area contributed by atoms with E-state index in [9.17, 15) is 0 Å². The van der Waals surface area contributed by atoms with E-state index in [0.717, 1.165) is 31.3 Å². The molecule has 2 unspecified atom stereocenters. The molecule has 3 aliphatic rings. The molecule has 1 N–H and O–H groups in total. The predicted octanol–water partition coefficient (Wildman–Crippen LogP) is 2.35. The van der Waals surface area contributed by atoms with Gasteiger partial charge in [-0.2, -0.15) is 0 Å². The molecule has 0 bridgehead atoms. The summed E-state index contributed by atoms with van der Waals surface area (Å²) in [6.45, 7) is 4.88. The van der Waals surface area contributed by atoms with Crippen LogP contribution in [-0.4, -0.2) is 45.8 Å². The van der Waals surface area contributed by atoms with E-state index in [4.69, 9.17) is 4.74 Å². The molecule has 0 aromatic carbocycles. The third-order valence-corrected chi connectivity index (χ3v) is 5.83. The number of rotatable bonds is 6. The van der Waals surface area contributed by atoms with Crippen molar-refractivity contribution < 1.29 is 4.74 Å². The number of nitrogens with one attached hydrogen (secondary N) is 1. The van der Waals surface area contributed by atoms with Crippen molar-refractivity contribution in [2.75, 3.05) is 19.8 Å². The third-order valence-electron chi connectivity index (χ3n) is 4.57. The Labute approximate surface area is 130 Å². The standard InChI is InChI=1S/C15H24N4OS/c1-2-16-12-7-8-20-9-13(12)21-15-18-17-14(10-3-4-10)19(15)11-5-6-11/h10-13,16H,2-9H2,1H3. The highest BCUT2D eigenvalue weighted by molar-refractivity contribution is 7.99. The summed E-state index contributed by atoms with van der Waals surface area (Å²) in [6, 6.07) is 1.20. The van der Waals surface area contributed by atoms with Gasteiger partial charge in [-0.15, -0.1) is 10.2 Å². The van der Waals surface area contributed by atoms with Gasteiger partial charge in [0.2, 0.25) is 0 Å². The minimum atomic E-state index is 0.451. The van der Waals surface area contributed by atoms with Gasteiger partial charge in [-0.25, -0.2) is 0 Å². The fourth-order valence-electron chi connectivity index (χ4n) is 3.12. The van der Waals surface area contributed by atoms with Crippen LogP contribution in [0.4, 0.5) is 0 Å². The largest absolute Gasteiger partial charge is 0.380 e. The predicted molar refractivity (Wildman–Crippen MR) is 82.8 cm³/mol. The lowest BCUT2D eigenvalue weighted by atomic mass is 10.1. The number of hydrogen-bond donors (Lipinski definition) is 1. The van der Waals surface area contributed by atoms with Crippen molar-refractivity contribution in [1.29, 1.82) is 0 Å². The number of ether oxygens (including phenoxy) is 1. The molecule has 0 amide bonds. The maximum Gasteiger partial charge on any atom is 0.191 e. The van der Waals surface area contributed by atoms with Crippen molar-refractivity contribution in [2.24, 2.45) is 0 Å². The van der Waals surface area contributed by atoms with Gasteiger partial charge in [-0.1, -0.05) is 18.7 Å². The fourth-order valence-corrected chi connectivity index (χ4v) is 4.40. The quantitative estimate of drug-likeness (QED) is 0.874. The SMILES string of the molecule is CCNC1CCOCC1Sc1nnc(C2CC2)n1C1CC1. The van der Waals surface area contributed by atoms with Crippen LogP contribution in [0.2, 0.25) is 0 Å². The van der Waals surface area contributed by atoms with Crippen molar-refractivity contribution in [3.05, 3.63) is 5.82 Å². The number of hydrogen-bond acceptors (Lipinski definition) is 5. The molecule has 116 valence electrons. The molecule has 0 radical (unpaired) electrons. The van der Waals surface area contributed by atoms with E-state index >= 15 is 0 Å². The summed E-state index contributed by atoms with van der Waals surface area (Å²) in [5.74, 6) is 1.93. The van der Waals surface area contributed by atoms with Crippen LogP contribution >= 0.6 is 11.8 Å². The Balaban J connectivity index is 1.53. The highest BCUT2D eigenvalue weighted by Crippen LogP contribution is 2.46. The van der Waals surface area contributed by atoms with Crippen molar-refractivity contribution in [3.63, 3.8) is 0 Å². The zero-order chi connectivity index (χ0) is 14.2. The third kappa shape index (κ3) is 2.98. The first-order chi connectivity index (χ1) is 10.4. The Morgan fingerprint density at radius 2 is 2.10 bits per heavy atom. The summed E-state index contributed by atoms with van der Waals surface area (Å²) in [7, 11) is 0. The molecule has 1 aromatic heterocycles. The molecule has 2 aliphatic carbocycles. The monoisotopic (exact) mass is 308 g/mol. The summed E-state index contributed by atoms with van der Waals surface area (Å²) < 4.78 is 8.14. The van der Waals surface area contributed by atoms with Crippen molar-refractivity contribution in [1.82, 2.24) is 20.1 Å². The second kappa shape index (κ2) is 5.89. The first-order valence-corrected chi connectivity index (χ1v) is 9.17. The van der Waals surface area contributed by atoms with Gasteiger partial charge in [-0.05, 0) is 38.6 Å². The molecule has 4 rings (SSSR count). The molecular formula is C15H24N4OS. The Morgan fingerprint density at radius 1 is 1.24 bits per heavy atom. The first-order valence-electron chi connectivity index (χ1n) is 8.29. The molecule has 0 spiro atoms. The lowest BCUT2D eigenvalue weighted by Crippen LogP contribution is -2.44. The van der Waals surface area contributed by atoms with E-state index in [1.54, 1.807) is 0 Å². The van der Waals surface area contributed by atoms with Crippen molar-refractivity contribution in [2.45, 2.75) is 67.4 Å². The zero-order valence-electron chi connectivity index (χ0n) is 12.6. The van der Waals surface area contributed by atoms with Gasteiger partial charge < -0.3 is 14.6 Å². The maximum absolute atomic E-state index is 5.70. The van der Waals surface area contributed by atoms with Crippen LogP contribution in [-0.2, 0) is 4.74 Å². The maximum atomic E-state index is 5.70. The van der Waals surface area contributed by atoms with Crippen molar-refractivity contribution in [3.8, 4) is 0 Å². The van der Waals surface area contributed by atoms with Gasteiger partial charge in [0.05, 0.1) is 11.9 Å². The van der Waals surface area contributed by atoms with Crippen LogP contribution in [0.5, 0.6) is 0 Å². The molecule has 2 heterocycles. The van der Waals surface area contributed by atoms with E-state index in [1.165, 1.54) is 31.5 Å². The molecule has 6 heteroatoms. The fraction of sp³-hybridized carbons (Fsp3) is 0.867. The Morgan fingerprint density at radius 3 is 2.81 bits per heavy atom. The van der Waals surface area contributed by atoms with E-state index in [-0.39, 0.29) is 0 Å². The van der Waals surface area contributed by atoms with Crippen LogP contribution in [0.1, 0.15) is 56.8 Å². The van der Waals surface area contributed by atoms with E-state index < -0.39 is 0 Å². The van der Waals surface area contributed by atoms with Gasteiger partial charge in [-0.3, -0.25) is 0 Å². The summed E-state index contributed by atoms with van der Waals surface area (Å²) in [4.78, 5) is 0. The highest BCUT2D eigenvalue weighted by atomic mass is 32.2. The molecule has 2 atom stereocenters. The Hall–Kier alpha value is -0.590. The molecule has 1 aromatic rings. The first kappa shape index (κ1) is 14.0. The normalized spacial score (nSPS) is 29.8. The van der Waals surface area contributed by atoms with Crippen LogP contribution in [0.3, 0.4) is 0 Å². The number of aromatic nitrogens is 3. The van der Waals surface area contributed by atoms with E-state index in [0.29, 0.717) is 23.3 Å². The average molecular weight is 308 g/mol. The minimum absolute atomic E-state index is 0.451. The number of thioether (sulfide) groups is 1. The van der Waals surface area contributed by atoms with Gasteiger partial charge >= 0.3 is 0 Å². The van der Waals surface area contributed by atoms with Crippen molar-refractivity contribution >= 4 is 11.8 Å². The molecule has 5 nitrogen and oxygen atoms in total. The highest BCUT2D eigenvalue weighted by Gasteiger charge is 2.37. The summed E-state index contributed by atoms with van der Waals surface area (Å²) in [5, 5.41) is 14.2. The van der Waals surface area contributed by atoms with Crippen LogP contribution in [0.15, 0.2) is 5.16 Å². The smallest absolute Gasteiger partial charge is 0.191 e. The topological polar surface area (TPSA) is 52.0 Å². The molecule has 1 aliphatic heterocycles. The van der Waals surface area contributed by atoms with Crippen LogP contribution in [0, 0.1) is 0 Å². The Kier molecular flexibility index (Phi) is 3.94. The molecule has 3 fully saturated rings. The second-order valence-electron chi connectivity index (χ2n) is 6.40. The molecule has 2 saturated carbocycles. The molecule has 21 heavy (non-hydrogen) atoms. The summed E-state index contributed by atoms with van der Waals surface area (Å²) in [5.41, 5.74) is 0. The van der Waals surface area contributed by atoms with Gasteiger partial charge in [0.1, 0.15) is 5.82 Å². The average Bonchev–Trinajstić information content (AvgIpc) is 3.41. The summed E-state index contributed by atoms with van der Waals surface area (Å²) >= 11 is 1.88. The lowest BCUT2D eigenvalue weighted by Gasteiger charge is -2.31. The minimum Gasteiger partial charge on any atom is -0.380 e.